The zero-order valence-electron chi connectivity index (χ0n) is 19.7. The van der Waals surface area contributed by atoms with Crippen LogP contribution in [0.15, 0.2) is 29.1 Å². The number of benzene rings is 1. The predicted octanol–water partition coefficient (Wildman–Crippen LogP) is 1.93. The minimum absolute atomic E-state index is 0.143. The third-order valence-corrected chi connectivity index (χ3v) is 5.72. The summed E-state index contributed by atoms with van der Waals surface area (Å²) in [6, 6.07) is 6.88. The van der Waals surface area contributed by atoms with Crippen LogP contribution in [0.5, 0.6) is 0 Å². The van der Waals surface area contributed by atoms with Crippen molar-refractivity contribution in [3.63, 3.8) is 0 Å². The molecule has 2 aromatic rings. The number of hydrogen-bond donors (Lipinski definition) is 0. The maximum Gasteiger partial charge on any atom is 0.310 e. The first-order valence-electron chi connectivity index (χ1n) is 11.4. The van der Waals surface area contributed by atoms with Gasteiger partial charge in [-0.25, -0.2) is 4.68 Å². The molecule has 2 amide bonds. The average Bonchev–Trinajstić information content (AvgIpc) is 2.80. The predicted molar refractivity (Wildman–Crippen MR) is 124 cm³/mol. The minimum Gasteiger partial charge on any atom is -0.466 e. The number of likely N-dealkylation sites (N-methyl/N-ethyl adjacent to an activating group) is 1. The van der Waals surface area contributed by atoms with E-state index in [1.807, 2.05) is 13.8 Å². The number of hydrogen-bond acceptors (Lipinski definition) is 6. The van der Waals surface area contributed by atoms with E-state index in [4.69, 9.17) is 4.74 Å². The molecular weight excluding hydrogens is 424 g/mol. The summed E-state index contributed by atoms with van der Waals surface area (Å²) in [5.41, 5.74) is -0.0999. The second kappa shape index (κ2) is 10.6. The molecule has 0 saturated carbocycles. The summed E-state index contributed by atoms with van der Waals surface area (Å²) < 4.78 is 6.42. The fourth-order valence-corrected chi connectivity index (χ4v) is 4.07. The lowest BCUT2D eigenvalue weighted by Crippen LogP contribution is -2.47. The SMILES string of the molecule is CCOC(=O)C1CCCN(C(=O)CN(C)C(=O)c2nn(CC(C)C)c(=O)c3ccccc23)C1. The van der Waals surface area contributed by atoms with Gasteiger partial charge in [0.25, 0.3) is 11.5 Å². The lowest BCUT2D eigenvalue weighted by atomic mass is 9.98. The summed E-state index contributed by atoms with van der Waals surface area (Å²) in [7, 11) is 1.54. The molecule has 33 heavy (non-hydrogen) atoms. The normalized spacial score (nSPS) is 16.2. The molecule has 178 valence electrons. The molecule has 9 heteroatoms. The number of amides is 2. The van der Waals surface area contributed by atoms with E-state index in [-0.39, 0.29) is 41.5 Å². The molecule has 0 aliphatic carbocycles. The Morgan fingerprint density at radius 3 is 2.58 bits per heavy atom. The Hall–Kier alpha value is -3.23. The third kappa shape index (κ3) is 5.58. The molecule has 1 atom stereocenters. The van der Waals surface area contributed by atoms with Crippen LogP contribution < -0.4 is 5.56 Å². The van der Waals surface area contributed by atoms with Gasteiger partial charge in [0.2, 0.25) is 5.91 Å². The van der Waals surface area contributed by atoms with Gasteiger partial charge < -0.3 is 14.5 Å². The number of esters is 1. The van der Waals surface area contributed by atoms with Crippen molar-refractivity contribution in [3.8, 4) is 0 Å². The van der Waals surface area contributed by atoms with Crippen LogP contribution in [0.3, 0.4) is 0 Å². The molecule has 1 aliphatic rings. The zero-order valence-corrected chi connectivity index (χ0v) is 19.7. The van der Waals surface area contributed by atoms with Crippen molar-refractivity contribution in [2.45, 2.75) is 40.2 Å². The van der Waals surface area contributed by atoms with E-state index in [2.05, 4.69) is 5.10 Å². The van der Waals surface area contributed by atoms with Gasteiger partial charge in [-0.15, -0.1) is 0 Å². The number of carbonyl (C=O) groups is 3. The monoisotopic (exact) mass is 456 g/mol. The van der Waals surface area contributed by atoms with Crippen molar-refractivity contribution in [2.75, 3.05) is 33.3 Å². The van der Waals surface area contributed by atoms with Gasteiger partial charge in [-0.1, -0.05) is 32.0 Å². The second-order valence-electron chi connectivity index (χ2n) is 8.87. The van der Waals surface area contributed by atoms with Crippen LogP contribution in [-0.4, -0.2) is 70.7 Å². The number of likely N-dealkylation sites (tertiary alicyclic amines) is 1. The van der Waals surface area contributed by atoms with E-state index in [9.17, 15) is 19.2 Å². The van der Waals surface area contributed by atoms with Gasteiger partial charge in [0.05, 0.1) is 24.5 Å². The molecule has 1 unspecified atom stereocenters. The number of rotatable bonds is 7. The Labute approximate surface area is 193 Å². The van der Waals surface area contributed by atoms with Crippen molar-refractivity contribution >= 4 is 28.6 Å². The molecule has 0 spiro atoms. The minimum atomic E-state index is -0.434. The Morgan fingerprint density at radius 1 is 1.21 bits per heavy atom. The molecule has 1 saturated heterocycles. The number of piperidine rings is 1. The van der Waals surface area contributed by atoms with Crippen molar-refractivity contribution in [1.29, 1.82) is 0 Å². The smallest absolute Gasteiger partial charge is 0.310 e. The standard InChI is InChI=1S/C24H32N4O5/c1-5-33-24(32)17-9-8-12-27(14-17)20(29)15-26(4)23(31)21-18-10-6-7-11-19(18)22(30)28(25-21)13-16(2)3/h6-7,10-11,16-17H,5,8-9,12-15H2,1-4H3. The summed E-state index contributed by atoms with van der Waals surface area (Å²) in [6.45, 7) is 7.07. The fourth-order valence-electron chi connectivity index (χ4n) is 4.07. The van der Waals surface area contributed by atoms with E-state index < -0.39 is 5.91 Å². The molecule has 1 aromatic carbocycles. The second-order valence-corrected chi connectivity index (χ2v) is 8.87. The van der Waals surface area contributed by atoms with Gasteiger partial charge in [0.1, 0.15) is 0 Å². The summed E-state index contributed by atoms with van der Waals surface area (Å²) >= 11 is 0. The number of nitrogens with zero attached hydrogens (tertiary/aromatic N) is 4. The Bertz CT molecular complexity index is 1090. The summed E-state index contributed by atoms with van der Waals surface area (Å²) in [5.74, 6) is -1.13. The van der Waals surface area contributed by atoms with Crippen LogP contribution in [0.4, 0.5) is 0 Å². The van der Waals surface area contributed by atoms with Gasteiger partial charge in [-0.2, -0.15) is 5.10 Å². The molecule has 9 nitrogen and oxygen atoms in total. The fraction of sp³-hybridized carbons (Fsp3) is 0.542. The molecular formula is C24H32N4O5. The van der Waals surface area contributed by atoms with Crippen LogP contribution in [0.25, 0.3) is 10.8 Å². The van der Waals surface area contributed by atoms with Gasteiger partial charge >= 0.3 is 5.97 Å². The summed E-state index contributed by atoms with van der Waals surface area (Å²) in [5, 5.41) is 5.25. The highest BCUT2D eigenvalue weighted by Crippen LogP contribution is 2.19. The Morgan fingerprint density at radius 2 is 1.91 bits per heavy atom. The van der Waals surface area contributed by atoms with Gasteiger partial charge in [0.15, 0.2) is 5.69 Å². The molecule has 2 heterocycles. The van der Waals surface area contributed by atoms with Crippen LogP contribution >= 0.6 is 0 Å². The lowest BCUT2D eigenvalue weighted by molar-refractivity contribution is -0.151. The molecule has 3 rings (SSSR count). The van der Waals surface area contributed by atoms with Crippen molar-refractivity contribution in [1.82, 2.24) is 19.6 Å². The van der Waals surface area contributed by atoms with Crippen LogP contribution in [0.2, 0.25) is 0 Å². The number of fused-ring (bicyclic) bond motifs is 1. The third-order valence-electron chi connectivity index (χ3n) is 5.72. The maximum absolute atomic E-state index is 13.3. The average molecular weight is 457 g/mol. The first kappa shape index (κ1) is 24.4. The topological polar surface area (TPSA) is 102 Å². The van der Waals surface area contributed by atoms with Gasteiger partial charge in [-0.3, -0.25) is 19.2 Å². The number of ether oxygens (including phenoxy) is 1. The van der Waals surface area contributed by atoms with E-state index >= 15 is 0 Å². The van der Waals surface area contributed by atoms with Crippen molar-refractivity contribution in [3.05, 3.63) is 40.3 Å². The first-order chi connectivity index (χ1) is 15.7. The first-order valence-corrected chi connectivity index (χ1v) is 11.4. The Balaban J connectivity index is 1.80. The van der Waals surface area contributed by atoms with E-state index in [1.165, 1.54) is 9.58 Å². The highest BCUT2D eigenvalue weighted by molar-refractivity contribution is 6.05. The highest BCUT2D eigenvalue weighted by Gasteiger charge is 2.30. The lowest BCUT2D eigenvalue weighted by Gasteiger charge is -2.32. The van der Waals surface area contributed by atoms with E-state index in [0.29, 0.717) is 49.9 Å². The zero-order chi connectivity index (χ0) is 24.1. The quantitative estimate of drug-likeness (QED) is 0.590. The highest BCUT2D eigenvalue weighted by atomic mass is 16.5. The van der Waals surface area contributed by atoms with Crippen LogP contribution in [-0.2, 0) is 20.9 Å². The summed E-state index contributed by atoms with van der Waals surface area (Å²) in [6.07, 6.45) is 1.39. The Kier molecular flexibility index (Phi) is 7.84. The molecule has 1 aromatic heterocycles. The van der Waals surface area contributed by atoms with Crippen LogP contribution in [0.1, 0.15) is 44.1 Å². The van der Waals surface area contributed by atoms with E-state index in [0.717, 1.165) is 0 Å². The van der Waals surface area contributed by atoms with E-state index in [1.54, 1.807) is 43.1 Å². The molecule has 1 fully saturated rings. The molecule has 1 aliphatic heterocycles. The van der Waals surface area contributed by atoms with Gasteiger partial charge in [0, 0.05) is 32.1 Å². The molecule has 0 N–H and O–H groups in total. The van der Waals surface area contributed by atoms with Gasteiger partial charge in [-0.05, 0) is 31.7 Å². The van der Waals surface area contributed by atoms with Crippen molar-refractivity contribution < 1.29 is 19.1 Å². The van der Waals surface area contributed by atoms with Crippen molar-refractivity contribution in [2.24, 2.45) is 11.8 Å². The molecule has 0 bridgehead atoms. The van der Waals surface area contributed by atoms with Crippen LogP contribution in [0, 0.1) is 11.8 Å². The summed E-state index contributed by atoms with van der Waals surface area (Å²) in [4.78, 5) is 54.0. The largest absolute Gasteiger partial charge is 0.466 e. The number of aromatic nitrogens is 2. The molecule has 0 radical (unpaired) electrons. The maximum atomic E-state index is 13.3. The number of carbonyl (C=O) groups excluding carboxylic acids is 3.